The molecule has 0 aromatic heterocycles. The van der Waals surface area contributed by atoms with Crippen LogP contribution >= 0.6 is 0 Å². The van der Waals surface area contributed by atoms with E-state index >= 15 is 0 Å². The van der Waals surface area contributed by atoms with Crippen molar-refractivity contribution in [3.8, 4) is 0 Å². The Morgan fingerprint density at radius 3 is 2.70 bits per heavy atom. The number of rotatable bonds is 4. The number of esters is 1. The molecule has 0 unspecified atom stereocenters. The van der Waals surface area contributed by atoms with Crippen LogP contribution in [0.15, 0.2) is 0 Å². The lowest BCUT2D eigenvalue weighted by molar-refractivity contribution is -0.147. The van der Waals surface area contributed by atoms with Crippen LogP contribution in [0.2, 0.25) is 0 Å². The van der Waals surface area contributed by atoms with Crippen molar-refractivity contribution >= 4 is 5.97 Å². The van der Waals surface area contributed by atoms with Gasteiger partial charge in [0.25, 0.3) is 0 Å². The normalized spacial score (nSPS) is 10.0. The maximum Gasteiger partial charge on any atom is 0.321 e. The molecule has 0 atom stereocenters. The number of ether oxygens (including phenoxy) is 1. The summed E-state index contributed by atoms with van der Waals surface area (Å²) in [4.78, 5) is 10.6. The summed E-state index contributed by atoms with van der Waals surface area (Å²) >= 11 is 0. The van der Waals surface area contributed by atoms with Gasteiger partial charge in [-0.3, -0.25) is 4.79 Å². The van der Waals surface area contributed by atoms with E-state index in [0.717, 1.165) is 0 Å². The fraction of sp³-hybridized carbons (Fsp3) is 0.800. The first-order chi connectivity index (χ1) is 4.66. The van der Waals surface area contributed by atoms with Crippen LogP contribution in [0.4, 0.5) is 0 Å². The highest BCUT2D eigenvalue weighted by atomic mass is 16.5. The lowest BCUT2D eigenvalue weighted by atomic mass is 10.5. The van der Waals surface area contributed by atoms with Crippen molar-refractivity contribution in [2.24, 2.45) is 0 Å². The van der Waals surface area contributed by atoms with Gasteiger partial charge < -0.3 is 9.94 Å². The smallest absolute Gasteiger partial charge is 0.321 e. The van der Waals surface area contributed by atoms with E-state index in [1.165, 1.54) is 0 Å². The molecule has 0 aliphatic carbocycles. The molecule has 0 aliphatic heterocycles. The summed E-state index contributed by atoms with van der Waals surface area (Å²) in [5.74, 6) is -0.406. The largest absolute Gasteiger partial charge is 0.462 e. The molecule has 5 nitrogen and oxygen atoms in total. The van der Waals surface area contributed by atoms with Crippen molar-refractivity contribution < 1.29 is 14.7 Å². The maximum atomic E-state index is 10.6. The van der Waals surface area contributed by atoms with E-state index in [1.807, 2.05) is 0 Å². The molecule has 5 heteroatoms. The zero-order chi connectivity index (χ0) is 7.98. The van der Waals surface area contributed by atoms with Gasteiger partial charge in [-0.05, 0) is 13.8 Å². The van der Waals surface area contributed by atoms with Crippen molar-refractivity contribution in [3.63, 3.8) is 0 Å². The third kappa shape index (κ3) is 5.49. The molecule has 0 saturated carbocycles. The van der Waals surface area contributed by atoms with Crippen LogP contribution in [0.5, 0.6) is 0 Å². The minimum absolute atomic E-state index is 0.0469. The predicted molar refractivity (Wildman–Crippen MR) is 34.2 cm³/mol. The van der Waals surface area contributed by atoms with Gasteiger partial charge in [0.15, 0.2) is 0 Å². The van der Waals surface area contributed by atoms with Crippen LogP contribution in [0.3, 0.4) is 0 Å². The molecule has 10 heavy (non-hydrogen) atoms. The van der Waals surface area contributed by atoms with Gasteiger partial charge in [-0.1, -0.05) is 0 Å². The standard InChI is InChI=1S/C5H12N2O3/c1-4(2)10-5(8)3-6-7-9/h4,6-7,9H,3H2,1-2H3. The summed E-state index contributed by atoms with van der Waals surface area (Å²) < 4.78 is 4.70. The van der Waals surface area contributed by atoms with Gasteiger partial charge in [0.2, 0.25) is 0 Å². The van der Waals surface area contributed by atoms with E-state index in [4.69, 9.17) is 9.94 Å². The van der Waals surface area contributed by atoms with Crippen LogP contribution in [-0.4, -0.2) is 23.8 Å². The summed E-state index contributed by atoms with van der Waals surface area (Å²) in [6.45, 7) is 3.46. The van der Waals surface area contributed by atoms with E-state index in [1.54, 1.807) is 19.4 Å². The van der Waals surface area contributed by atoms with Crippen LogP contribution in [0.1, 0.15) is 13.8 Å². The Labute approximate surface area is 59.3 Å². The molecule has 0 amide bonds. The zero-order valence-electron chi connectivity index (χ0n) is 6.05. The molecule has 0 spiro atoms. The van der Waals surface area contributed by atoms with Crippen molar-refractivity contribution in [1.29, 1.82) is 0 Å². The van der Waals surface area contributed by atoms with Gasteiger partial charge in [-0.15, -0.1) is 5.59 Å². The fourth-order valence-electron chi connectivity index (χ4n) is 0.416. The fourth-order valence-corrected chi connectivity index (χ4v) is 0.416. The second-order valence-corrected chi connectivity index (χ2v) is 2.00. The Balaban J connectivity index is 3.26. The second kappa shape index (κ2) is 5.16. The molecular weight excluding hydrogens is 136 g/mol. The summed E-state index contributed by atoms with van der Waals surface area (Å²) in [5.41, 5.74) is 3.81. The number of nitrogens with one attached hydrogen (secondary N) is 2. The number of carbonyl (C=O) groups is 1. The molecule has 0 rings (SSSR count). The zero-order valence-corrected chi connectivity index (χ0v) is 6.05. The average Bonchev–Trinajstić information content (AvgIpc) is 1.82. The molecule has 0 aliphatic rings. The molecule has 3 N–H and O–H groups in total. The highest BCUT2D eigenvalue weighted by molar-refractivity contribution is 5.71. The first-order valence-electron chi connectivity index (χ1n) is 2.98. The highest BCUT2D eigenvalue weighted by Crippen LogP contribution is 1.86. The topological polar surface area (TPSA) is 70.6 Å². The molecular formula is C5H12N2O3. The molecule has 0 aromatic rings. The minimum atomic E-state index is -0.406. The first-order valence-corrected chi connectivity index (χ1v) is 2.98. The van der Waals surface area contributed by atoms with Gasteiger partial charge >= 0.3 is 5.97 Å². The highest BCUT2D eigenvalue weighted by Gasteiger charge is 2.02. The summed E-state index contributed by atoms with van der Waals surface area (Å²) in [7, 11) is 0. The Morgan fingerprint density at radius 1 is 1.70 bits per heavy atom. The number of carbonyl (C=O) groups excluding carboxylic acids is 1. The van der Waals surface area contributed by atoms with Gasteiger partial charge in [0, 0.05) is 0 Å². The van der Waals surface area contributed by atoms with Gasteiger partial charge in [0.05, 0.1) is 6.10 Å². The van der Waals surface area contributed by atoms with Crippen molar-refractivity contribution in [1.82, 2.24) is 11.0 Å². The van der Waals surface area contributed by atoms with E-state index < -0.39 is 5.97 Å². The van der Waals surface area contributed by atoms with Gasteiger partial charge in [0.1, 0.15) is 6.54 Å². The quantitative estimate of drug-likeness (QED) is 0.367. The van der Waals surface area contributed by atoms with Crippen molar-refractivity contribution in [2.45, 2.75) is 20.0 Å². The maximum absolute atomic E-state index is 10.6. The van der Waals surface area contributed by atoms with E-state index in [2.05, 4.69) is 5.43 Å². The third-order valence-electron chi connectivity index (χ3n) is 0.679. The van der Waals surface area contributed by atoms with Gasteiger partial charge in [-0.2, -0.15) is 0 Å². The molecule has 0 aromatic carbocycles. The molecule has 0 bridgehead atoms. The SMILES string of the molecule is CC(C)OC(=O)CNNO. The van der Waals surface area contributed by atoms with Crippen LogP contribution in [0, 0.1) is 0 Å². The monoisotopic (exact) mass is 148 g/mol. The Morgan fingerprint density at radius 2 is 2.30 bits per heavy atom. The lowest BCUT2D eigenvalue weighted by Crippen LogP contribution is -2.35. The van der Waals surface area contributed by atoms with Gasteiger partial charge in [-0.25, -0.2) is 5.43 Å². The predicted octanol–water partition coefficient (Wildman–Crippen LogP) is -0.579. The van der Waals surface area contributed by atoms with Crippen molar-refractivity contribution in [2.75, 3.05) is 6.54 Å². The molecule has 0 radical (unpaired) electrons. The Bertz CT molecular complexity index is 105. The van der Waals surface area contributed by atoms with Crippen molar-refractivity contribution in [3.05, 3.63) is 0 Å². The molecule has 0 fully saturated rings. The summed E-state index contributed by atoms with van der Waals surface area (Å²) in [6, 6.07) is 0. The molecule has 60 valence electrons. The van der Waals surface area contributed by atoms with E-state index in [9.17, 15) is 4.79 Å². The third-order valence-corrected chi connectivity index (χ3v) is 0.679. The van der Waals surface area contributed by atoms with E-state index in [-0.39, 0.29) is 12.6 Å². The Hall–Kier alpha value is -0.650. The minimum Gasteiger partial charge on any atom is -0.462 e. The number of hydrogen-bond donors (Lipinski definition) is 3. The summed E-state index contributed by atoms with van der Waals surface area (Å²) in [5, 5.41) is 7.98. The average molecular weight is 148 g/mol. The molecule has 0 heterocycles. The molecule has 0 saturated heterocycles. The number of hydrazine groups is 1. The first kappa shape index (κ1) is 9.35. The Kier molecular flexibility index (Phi) is 4.82. The number of hydrogen-bond acceptors (Lipinski definition) is 5. The van der Waals surface area contributed by atoms with E-state index in [0.29, 0.717) is 0 Å². The van der Waals surface area contributed by atoms with Crippen LogP contribution in [0.25, 0.3) is 0 Å². The summed E-state index contributed by atoms with van der Waals surface area (Å²) in [6.07, 6.45) is -0.118. The second-order valence-electron chi connectivity index (χ2n) is 2.00. The van der Waals surface area contributed by atoms with Crippen LogP contribution < -0.4 is 11.0 Å². The van der Waals surface area contributed by atoms with Crippen LogP contribution in [-0.2, 0) is 9.53 Å². The lowest BCUT2D eigenvalue weighted by Gasteiger charge is -2.06.